The molecule has 0 aromatic heterocycles. The average molecular weight is 466 g/mol. The van der Waals surface area contributed by atoms with E-state index in [1.54, 1.807) is 6.07 Å². The fraction of sp³-hybridized carbons (Fsp3) is 0.154. The highest BCUT2D eigenvalue weighted by Gasteiger charge is 2.13. The van der Waals surface area contributed by atoms with Gasteiger partial charge >= 0.3 is 0 Å². The molecule has 4 nitrogen and oxygen atoms in total. The summed E-state index contributed by atoms with van der Waals surface area (Å²) >= 11 is 12.2. The quantitative estimate of drug-likeness (QED) is 0.329. The molecule has 1 N–H and O–H groups in total. The van der Waals surface area contributed by atoms with Crippen molar-refractivity contribution in [3.05, 3.63) is 94.0 Å². The van der Waals surface area contributed by atoms with E-state index in [2.05, 4.69) is 23.5 Å². The van der Waals surface area contributed by atoms with E-state index < -0.39 is 0 Å². The molecule has 32 heavy (non-hydrogen) atoms. The first-order chi connectivity index (χ1) is 15.7. The third kappa shape index (κ3) is 4.43. The number of rotatable bonds is 6. The van der Waals surface area contributed by atoms with Gasteiger partial charge in [-0.05, 0) is 46.7 Å². The summed E-state index contributed by atoms with van der Waals surface area (Å²) in [5.74, 6) is 2.35. The van der Waals surface area contributed by atoms with Gasteiger partial charge in [0, 0.05) is 23.9 Å². The fourth-order valence-electron chi connectivity index (χ4n) is 3.77. The maximum absolute atomic E-state index is 6.22. The predicted molar refractivity (Wildman–Crippen MR) is 130 cm³/mol. The van der Waals surface area contributed by atoms with E-state index in [1.165, 1.54) is 0 Å². The fourth-order valence-corrected chi connectivity index (χ4v) is 4.09. The van der Waals surface area contributed by atoms with E-state index >= 15 is 0 Å². The topological polar surface area (TPSA) is 39.7 Å². The summed E-state index contributed by atoms with van der Waals surface area (Å²) in [6, 6.07) is 23.8. The van der Waals surface area contributed by atoms with E-state index in [4.69, 9.17) is 37.4 Å². The highest BCUT2D eigenvalue weighted by atomic mass is 35.5. The molecule has 6 heteroatoms. The van der Waals surface area contributed by atoms with Crippen molar-refractivity contribution in [3.8, 4) is 17.2 Å². The third-order valence-corrected chi connectivity index (χ3v) is 6.13. The lowest BCUT2D eigenvalue weighted by molar-refractivity contribution is 0.171. The standard InChI is InChI=1S/C26H21Cl2NO3/c27-22-8-5-17(13-23(22)28)16-32-24-9-6-18-3-1-2-4-20(18)21(24)15-29-19-7-10-25-26(14-19)31-12-11-30-25/h1-10,13-14,29H,11-12,15-16H2. The summed E-state index contributed by atoms with van der Waals surface area (Å²) in [6.07, 6.45) is 0. The van der Waals surface area contributed by atoms with Crippen LogP contribution in [0.4, 0.5) is 5.69 Å². The van der Waals surface area contributed by atoms with Gasteiger partial charge in [-0.3, -0.25) is 0 Å². The highest BCUT2D eigenvalue weighted by molar-refractivity contribution is 6.42. The summed E-state index contributed by atoms with van der Waals surface area (Å²) in [7, 11) is 0. The van der Waals surface area contributed by atoms with Crippen molar-refractivity contribution in [1.82, 2.24) is 0 Å². The van der Waals surface area contributed by atoms with Crippen molar-refractivity contribution >= 4 is 39.7 Å². The van der Waals surface area contributed by atoms with E-state index in [-0.39, 0.29) is 0 Å². The molecule has 4 aromatic rings. The number of ether oxygens (including phenoxy) is 3. The molecule has 1 aliphatic heterocycles. The lowest BCUT2D eigenvalue weighted by Gasteiger charge is -2.20. The molecule has 0 radical (unpaired) electrons. The van der Waals surface area contributed by atoms with Gasteiger partial charge in [0.25, 0.3) is 0 Å². The minimum atomic E-state index is 0.395. The molecule has 1 aliphatic rings. The van der Waals surface area contributed by atoms with E-state index in [1.807, 2.05) is 48.5 Å². The summed E-state index contributed by atoms with van der Waals surface area (Å²) in [5, 5.41) is 6.86. The predicted octanol–water partition coefficient (Wildman–Crippen LogP) is 7.11. The van der Waals surface area contributed by atoms with E-state index in [9.17, 15) is 0 Å². The molecule has 0 saturated heterocycles. The molecule has 0 fully saturated rings. The Morgan fingerprint density at radius 1 is 0.812 bits per heavy atom. The maximum Gasteiger partial charge on any atom is 0.163 e. The second-order valence-corrected chi connectivity index (χ2v) is 8.33. The van der Waals surface area contributed by atoms with E-state index in [0.29, 0.717) is 36.4 Å². The van der Waals surface area contributed by atoms with Crippen LogP contribution in [-0.4, -0.2) is 13.2 Å². The molecule has 162 valence electrons. The Morgan fingerprint density at radius 3 is 2.53 bits per heavy atom. The van der Waals surface area contributed by atoms with E-state index in [0.717, 1.165) is 44.8 Å². The molecule has 4 aromatic carbocycles. The number of halogens is 2. The first-order valence-electron chi connectivity index (χ1n) is 10.4. The van der Waals surface area contributed by atoms with Gasteiger partial charge in [-0.15, -0.1) is 0 Å². The Bertz CT molecular complexity index is 1280. The van der Waals surface area contributed by atoms with Crippen LogP contribution in [0, 0.1) is 0 Å². The van der Waals surface area contributed by atoms with Gasteiger partial charge in [-0.2, -0.15) is 0 Å². The van der Waals surface area contributed by atoms with Crippen molar-refractivity contribution in [3.63, 3.8) is 0 Å². The molecule has 0 saturated carbocycles. The molecular weight excluding hydrogens is 445 g/mol. The van der Waals surface area contributed by atoms with Gasteiger partial charge < -0.3 is 19.5 Å². The summed E-state index contributed by atoms with van der Waals surface area (Å²) in [5.41, 5.74) is 2.99. The van der Waals surface area contributed by atoms with Crippen LogP contribution in [0.1, 0.15) is 11.1 Å². The van der Waals surface area contributed by atoms with Crippen LogP contribution in [0.15, 0.2) is 72.8 Å². The van der Waals surface area contributed by atoms with Crippen molar-refractivity contribution < 1.29 is 14.2 Å². The summed E-state index contributed by atoms with van der Waals surface area (Å²) < 4.78 is 17.5. The van der Waals surface area contributed by atoms with Crippen molar-refractivity contribution in [2.45, 2.75) is 13.2 Å². The summed E-state index contributed by atoms with van der Waals surface area (Å²) in [4.78, 5) is 0. The second kappa shape index (κ2) is 9.19. The Morgan fingerprint density at radius 2 is 1.66 bits per heavy atom. The Kier molecular flexibility index (Phi) is 5.97. The number of anilines is 1. The van der Waals surface area contributed by atoms with Crippen LogP contribution in [0.5, 0.6) is 17.2 Å². The molecule has 0 spiro atoms. The highest BCUT2D eigenvalue weighted by Crippen LogP contribution is 2.34. The van der Waals surface area contributed by atoms with Gasteiger partial charge in [0.1, 0.15) is 25.6 Å². The number of benzene rings is 4. The minimum absolute atomic E-state index is 0.395. The molecule has 5 rings (SSSR count). The Labute approximate surface area is 196 Å². The zero-order valence-electron chi connectivity index (χ0n) is 17.2. The van der Waals surface area contributed by atoms with Crippen LogP contribution >= 0.6 is 23.2 Å². The van der Waals surface area contributed by atoms with Crippen LogP contribution in [0.3, 0.4) is 0 Å². The van der Waals surface area contributed by atoms with Crippen LogP contribution in [0.25, 0.3) is 10.8 Å². The lowest BCUT2D eigenvalue weighted by atomic mass is 10.0. The van der Waals surface area contributed by atoms with Crippen LogP contribution < -0.4 is 19.5 Å². The first kappa shape index (κ1) is 20.8. The smallest absolute Gasteiger partial charge is 0.163 e. The number of fused-ring (bicyclic) bond motifs is 2. The molecule has 0 bridgehead atoms. The van der Waals surface area contributed by atoms with Crippen molar-refractivity contribution in [1.29, 1.82) is 0 Å². The molecule has 0 aliphatic carbocycles. The monoisotopic (exact) mass is 465 g/mol. The third-order valence-electron chi connectivity index (χ3n) is 5.39. The van der Waals surface area contributed by atoms with Gasteiger partial charge in [0.05, 0.1) is 10.0 Å². The minimum Gasteiger partial charge on any atom is -0.489 e. The maximum atomic E-state index is 6.22. The Hall–Kier alpha value is -3.08. The van der Waals surface area contributed by atoms with Gasteiger partial charge in [-0.1, -0.05) is 59.6 Å². The van der Waals surface area contributed by atoms with Crippen molar-refractivity contribution in [2.75, 3.05) is 18.5 Å². The number of hydrogen-bond acceptors (Lipinski definition) is 4. The lowest BCUT2D eigenvalue weighted by Crippen LogP contribution is -2.15. The number of nitrogens with one attached hydrogen (secondary N) is 1. The molecule has 0 unspecified atom stereocenters. The molecule has 1 heterocycles. The second-order valence-electron chi connectivity index (χ2n) is 7.51. The zero-order chi connectivity index (χ0) is 21.9. The first-order valence-corrected chi connectivity index (χ1v) is 11.1. The summed E-state index contributed by atoms with van der Waals surface area (Å²) in [6.45, 7) is 2.13. The van der Waals surface area contributed by atoms with Gasteiger partial charge in [0.2, 0.25) is 0 Å². The normalized spacial score (nSPS) is 12.6. The molecule has 0 atom stereocenters. The SMILES string of the molecule is Clc1ccc(COc2ccc3ccccc3c2CNc2ccc3c(c2)OCCO3)cc1Cl. The van der Waals surface area contributed by atoms with Crippen LogP contribution in [0.2, 0.25) is 10.0 Å². The largest absolute Gasteiger partial charge is 0.489 e. The number of hydrogen-bond donors (Lipinski definition) is 1. The van der Waals surface area contributed by atoms with Crippen molar-refractivity contribution in [2.24, 2.45) is 0 Å². The zero-order valence-corrected chi connectivity index (χ0v) is 18.7. The van der Waals surface area contributed by atoms with Crippen LogP contribution in [-0.2, 0) is 13.2 Å². The Balaban J connectivity index is 1.40. The average Bonchev–Trinajstić information content (AvgIpc) is 2.83. The molecular formula is C26H21Cl2NO3. The van der Waals surface area contributed by atoms with Gasteiger partial charge in [-0.25, -0.2) is 0 Å². The van der Waals surface area contributed by atoms with Gasteiger partial charge in [0.15, 0.2) is 11.5 Å². The molecule has 0 amide bonds.